The van der Waals surface area contributed by atoms with Gasteiger partial charge in [-0.25, -0.2) is 9.97 Å². The van der Waals surface area contributed by atoms with E-state index in [-0.39, 0.29) is 5.28 Å². The van der Waals surface area contributed by atoms with E-state index in [0.717, 1.165) is 11.3 Å². The van der Waals surface area contributed by atoms with Crippen molar-refractivity contribution in [2.45, 2.75) is 6.92 Å². The molecule has 1 heterocycles. The fourth-order valence-electron chi connectivity index (χ4n) is 0.807. The standard InChI is InChI=1S/C8H10ClN3/c1-6-7(3-2-4-10)5-11-8(9)12-6/h2-3,5H,4,10H2,1H3. The molecule has 1 rings (SSSR count). The van der Waals surface area contributed by atoms with Crippen LogP contribution in [0.3, 0.4) is 0 Å². The summed E-state index contributed by atoms with van der Waals surface area (Å²) >= 11 is 5.58. The van der Waals surface area contributed by atoms with Gasteiger partial charge in [-0.2, -0.15) is 0 Å². The molecule has 2 N–H and O–H groups in total. The van der Waals surface area contributed by atoms with Crippen LogP contribution in [0.5, 0.6) is 0 Å². The quantitative estimate of drug-likeness (QED) is 0.706. The maximum Gasteiger partial charge on any atom is 0.222 e. The second-order valence-corrected chi connectivity index (χ2v) is 2.66. The lowest BCUT2D eigenvalue weighted by molar-refractivity contribution is 1.09. The molecule has 0 amide bonds. The normalized spacial score (nSPS) is 10.9. The van der Waals surface area contributed by atoms with Gasteiger partial charge in [-0.05, 0) is 18.5 Å². The van der Waals surface area contributed by atoms with Crippen LogP contribution < -0.4 is 5.73 Å². The van der Waals surface area contributed by atoms with Crippen molar-refractivity contribution in [3.8, 4) is 0 Å². The number of nitrogens with zero attached hydrogens (tertiary/aromatic N) is 2. The Bertz CT molecular complexity index is 296. The fourth-order valence-corrected chi connectivity index (χ4v) is 0.982. The molecule has 4 heteroatoms. The molecule has 0 unspecified atom stereocenters. The molecule has 3 nitrogen and oxygen atoms in total. The van der Waals surface area contributed by atoms with E-state index in [0.29, 0.717) is 6.54 Å². The third kappa shape index (κ3) is 2.29. The first-order valence-electron chi connectivity index (χ1n) is 3.60. The minimum Gasteiger partial charge on any atom is -0.327 e. The summed E-state index contributed by atoms with van der Waals surface area (Å²) in [5.41, 5.74) is 7.11. The Labute approximate surface area is 76.3 Å². The zero-order valence-electron chi connectivity index (χ0n) is 6.79. The highest BCUT2D eigenvalue weighted by molar-refractivity contribution is 6.28. The molecule has 0 saturated heterocycles. The minimum atomic E-state index is 0.275. The maximum atomic E-state index is 5.58. The van der Waals surface area contributed by atoms with Gasteiger partial charge in [-0.1, -0.05) is 12.2 Å². The second kappa shape index (κ2) is 4.18. The number of aromatic nitrogens is 2. The summed E-state index contributed by atoms with van der Waals surface area (Å²) < 4.78 is 0. The summed E-state index contributed by atoms with van der Waals surface area (Å²) in [4.78, 5) is 7.84. The molecule has 1 aromatic rings. The van der Waals surface area contributed by atoms with Crippen LogP contribution in [-0.4, -0.2) is 16.5 Å². The average Bonchev–Trinajstić information content (AvgIpc) is 2.03. The number of halogens is 1. The third-order valence-corrected chi connectivity index (χ3v) is 1.60. The molecule has 64 valence electrons. The van der Waals surface area contributed by atoms with E-state index in [1.807, 2.05) is 19.1 Å². The summed E-state index contributed by atoms with van der Waals surface area (Å²) in [5.74, 6) is 0. The fraction of sp³-hybridized carbons (Fsp3) is 0.250. The lowest BCUT2D eigenvalue weighted by atomic mass is 10.2. The molecule has 0 spiro atoms. The third-order valence-electron chi connectivity index (χ3n) is 1.42. The maximum absolute atomic E-state index is 5.58. The molecule has 0 fully saturated rings. The minimum absolute atomic E-state index is 0.275. The lowest BCUT2D eigenvalue weighted by Crippen LogP contribution is -1.94. The van der Waals surface area contributed by atoms with E-state index in [1.165, 1.54) is 0 Å². The van der Waals surface area contributed by atoms with Crippen molar-refractivity contribution >= 4 is 17.7 Å². The Morgan fingerprint density at radius 1 is 1.67 bits per heavy atom. The Morgan fingerprint density at radius 3 is 3.00 bits per heavy atom. The molecule has 0 saturated carbocycles. The van der Waals surface area contributed by atoms with Crippen LogP contribution in [0.2, 0.25) is 5.28 Å². The first kappa shape index (κ1) is 9.16. The number of hydrogen-bond donors (Lipinski definition) is 1. The van der Waals surface area contributed by atoms with Crippen LogP contribution >= 0.6 is 11.6 Å². The number of nitrogens with two attached hydrogens (primary N) is 1. The summed E-state index contributed by atoms with van der Waals surface area (Å²) in [7, 11) is 0. The summed E-state index contributed by atoms with van der Waals surface area (Å²) in [6.45, 7) is 2.39. The van der Waals surface area contributed by atoms with Gasteiger partial charge in [0.2, 0.25) is 5.28 Å². The smallest absolute Gasteiger partial charge is 0.222 e. The van der Waals surface area contributed by atoms with Crippen LogP contribution in [0.25, 0.3) is 6.08 Å². The molecule has 0 atom stereocenters. The zero-order valence-corrected chi connectivity index (χ0v) is 7.54. The van der Waals surface area contributed by atoms with E-state index >= 15 is 0 Å². The number of aryl methyl sites for hydroxylation is 1. The van der Waals surface area contributed by atoms with Crippen molar-refractivity contribution in [2.75, 3.05) is 6.54 Å². The molecule has 0 bridgehead atoms. The van der Waals surface area contributed by atoms with E-state index in [4.69, 9.17) is 17.3 Å². The summed E-state index contributed by atoms with van der Waals surface area (Å²) in [5, 5.41) is 0.275. The Balaban J connectivity index is 2.94. The van der Waals surface area contributed by atoms with Crippen LogP contribution in [0.4, 0.5) is 0 Å². The Kier molecular flexibility index (Phi) is 3.19. The van der Waals surface area contributed by atoms with Crippen molar-refractivity contribution in [3.63, 3.8) is 0 Å². The monoisotopic (exact) mass is 183 g/mol. The first-order chi connectivity index (χ1) is 5.74. The van der Waals surface area contributed by atoms with E-state index in [9.17, 15) is 0 Å². The van der Waals surface area contributed by atoms with Gasteiger partial charge in [0.25, 0.3) is 0 Å². The number of rotatable bonds is 2. The number of hydrogen-bond acceptors (Lipinski definition) is 3. The molecule has 12 heavy (non-hydrogen) atoms. The van der Waals surface area contributed by atoms with Crippen molar-refractivity contribution in [3.05, 3.63) is 28.8 Å². The van der Waals surface area contributed by atoms with Crippen LogP contribution in [0.1, 0.15) is 11.3 Å². The van der Waals surface area contributed by atoms with E-state index < -0.39 is 0 Å². The molecule has 1 aromatic heterocycles. The molecule has 0 aromatic carbocycles. The van der Waals surface area contributed by atoms with Crippen LogP contribution in [0, 0.1) is 6.92 Å². The van der Waals surface area contributed by atoms with Gasteiger partial charge in [0.1, 0.15) is 0 Å². The van der Waals surface area contributed by atoms with Gasteiger partial charge < -0.3 is 5.73 Å². The van der Waals surface area contributed by atoms with Gasteiger partial charge in [0.05, 0.1) is 0 Å². The largest absolute Gasteiger partial charge is 0.327 e. The highest BCUT2D eigenvalue weighted by Crippen LogP contribution is 2.08. The van der Waals surface area contributed by atoms with Crippen molar-refractivity contribution in [2.24, 2.45) is 5.73 Å². The zero-order chi connectivity index (χ0) is 8.97. The molecular formula is C8H10ClN3. The molecule has 0 aliphatic rings. The van der Waals surface area contributed by atoms with Crippen LogP contribution in [0.15, 0.2) is 12.3 Å². The van der Waals surface area contributed by atoms with Crippen molar-refractivity contribution in [1.82, 2.24) is 9.97 Å². The van der Waals surface area contributed by atoms with Gasteiger partial charge in [0, 0.05) is 24.0 Å². The molecule has 0 aliphatic carbocycles. The first-order valence-corrected chi connectivity index (χ1v) is 3.97. The SMILES string of the molecule is Cc1nc(Cl)ncc1C=CCN. The van der Waals surface area contributed by atoms with Crippen molar-refractivity contribution < 1.29 is 0 Å². The Hall–Kier alpha value is -0.930. The highest BCUT2D eigenvalue weighted by Gasteiger charge is 1.96. The summed E-state index contributed by atoms with van der Waals surface area (Å²) in [6, 6.07) is 0. The van der Waals surface area contributed by atoms with Crippen molar-refractivity contribution in [1.29, 1.82) is 0 Å². The molecule has 0 radical (unpaired) electrons. The highest BCUT2D eigenvalue weighted by atomic mass is 35.5. The predicted octanol–water partition coefficient (Wildman–Crippen LogP) is 1.41. The summed E-state index contributed by atoms with van der Waals surface area (Å²) in [6.07, 6.45) is 5.40. The second-order valence-electron chi connectivity index (χ2n) is 2.32. The van der Waals surface area contributed by atoms with Gasteiger partial charge >= 0.3 is 0 Å². The topological polar surface area (TPSA) is 51.8 Å². The predicted molar refractivity (Wildman–Crippen MR) is 49.9 cm³/mol. The Morgan fingerprint density at radius 2 is 2.42 bits per heavy atom. The van der Waals surface area contributed by atoms with Gasteiger partial charge in [-0.15, -0.1) is 0 Å². The van der Waals surface area contributed by atoms with Crippen LogP contribution in [-0.2, 0) is 0 Å². The molecule has 0 aliphatic heterocycles. The van der Waals surface area contributed by atoms with E-state index in [2.05, 4.69) is 9.97 Å². The lowest BCUT2D eigenvalue weighted by Gasteiger charge is -1.97. The van der Waals surface area contributed by atoms with Gasteiger partial charge in [-0.3, -0.25) is 0 Å². The van der Waals surface area contributed by atoms with E-state index in [1.54, 1.807) is 6.20 Å². The molecular weight excluding hydrogens is 174 g/mol. The van der Waals surface area contributed by atoms with Gasteiger partial charge in [0.15, 0.2) is 0 Å². The average molecular weight is 184 g/mol.